The van der Waals surface area contributed by atoms with Gasteiger partial charge < -0.3 is 19.6 Å². The van der Waals surface area contributed by atoms with Crippen LogP contribution in [0.2, 0.25) is 0 Å². The van der Waals surface area contributed by atoms with Gasteiger partial charge in [-0.25, -0.2) is 20.2 Å². The average molecular weight is 488 g/mol. The SMILES string of the molecule is CC1=C(c2nc3c(OCC(=O)O)cccc3o2)C(=O)N2NC(C(F)(F)F)C(c3ccccc3)C2N1. The van der Waals surface area contributed by atoms with Gasteiger partial charge in [0.15, 0.2) is 17.7 Å². The van der Waals surface area contributed by atoms with E-state index in [9.17, 15) is 22.8 Å². The van der Waals surface area contributed by atoms with E-state index in [4.69, 9.17) is 14.3 Å². The van der Waals surface area contributed by atoms with E-state index < -0.39 is 42.8 Å². The van der Waals surface area contributed by atoms with Crippen LogP contribution in [0.1, 0.15) is 24.3 Å². The Balaban J connectivity index is 1.53. The van der Waals surface area contributed by atoms with Crippen molar-refractivity contribution in [2.24, 2.45) is 0 Å². The molecule has 0 bridgehead atoms. The number of alkyl halides is 3. The standard InChI is InChI=1S/C23H19F3N4O5/c1-11-16(21-28-18-13(34-10-15(31)32)8-5-9-14(18)35-21)22(33)30-20(27-11)17(12-6-3-2-4-7-12)19(29-30)23(24,25)26/h2-9,17,19-20,27,29H,10H2,1H3,(H,31,32). The number of carbonyl (C=O) groups excluding carboxylic acids is 1. The maximum atomic E-state index is 14.0. The number of oxazole rings is 1. The number of nitrogens with zero attached hydrogens (tertiary/aromatic N) is 2. The monoisotopic (exact) mass is 488 g/mol. The van der Waals surface area contributed by atoms with Crippen LogP contribution in [0.25, 0.3) is 16.7 Å². The van der Waals surface area contributed by atoms with Crippen molar-refractivity contribution in [1.82, 2.24) is 20.7 Å². The lowest BCUT2D eigenvalue weighted by atomic mass is 9.89. The van der Waals surface area contributed by atoms with Crippen LogP contribution in [-0.4, -0.2) is 52.0 Å². The number of rotatable bonds is 5. The smallest absolute Gasteiger partial charge is 0.406 e. The minimum atomic E-state index is -4.62. The first kappa shape index (κ1) is 22.7. The predicted molar refractivity (Wildman–Crippen MR) is 116 cm³/mol. The van der Waals surface area contributed by atoms with Crippen LogP contribution in [0.3, 0.4) is 0 Å². The van der Waals surface area contributed by atoms with Gasteiger partial charge in [0.05, 0.1) is 5.92 Å². The Labute approximate surface area is 196 Å². The molecule has 3 aromatic rings. The van der Waals surface area contributed by atoms with E-state index in [0.717, 1.165) is 5.01 Å². The molecule has 0 spiro atoms. The summed E-state index contributed by atoms with van der Waals surface area (Å²) in [6.45, 7) is 0.951. The number of halogens is 3. The zero-order chi connectivity index (χ0) is 24.9. The van der Waals surface area contributed by atoms with Gasteiger partial charge >= 0.3 is 12.1 Å². The van der Waals surface area contributed by atoms with E-state index in [1.807, 2.05) is 0 Å². The van der Waals surface area contributed by atoms with Gasteiger partial charge in [0, 0.05) is 5.70 Å². The van der Waals surface area contributed by atoms with Crippen LogP contribution in [0, 0.1) is 0 Å². The zero-order valence-electron chi connectivity index (χ0n) is 18.2. The van der Waals surface area contributed by atoms with Crippen molar-refractivity contribution in [3.63, 3.8) is 0 Å². The van der Waals surface area contributed by atoms with Gasteiger partial charge in [-0.15, -0.1) is 0 Å². The largest absolute Gasteiger partial charge is 0.479 e. The Kier molecular flexibility index (Phi) is 5.39. The van der Waals surface area contributed by atoms with E-state index in [0.29, 0.717) is 11.3 Å². The summed E-state index contributed by atoms with van der Waals surface area (Å²) in [4.78, 5) is 28.6. The third-order valence-corrected chi connectivity index (χ3v) is 5.91. The first-order chi connectivity index (χ1) is 16.6. The minimum absolute atomic E-state index is 0.0521. The molecule has 1 fully saturated rings. The summed E-state index contributed by atoms with van der Waals surface area (Å²) >= 11 is 0. The third kappa shape index (κ3) is 3.95. The molecule has 3 N–H and O–H groups in total. The fraction of sp³-hybridized carbons (Fsp3) is 0.261. The molecule has 182 valence electrons. The molecule has 1 saturated heterocycles. The van der Waals surface area contributed by atoms with Gasteiger partial charge in [0.1, 0.15) is 23.5 Å². The molecule has 2 aliphatic heterocycles. The number of benzene rings is 2. The van der Waals surface area contributed by atoms with Gasteiger partial charge in [-0.05, 0) is 24.6 Å². The Hall–Kier alpha value is -4.06. The van der Waals surface area contributed by atoms with Crippen molar-refractivity contribution in [3.05, 3.63) is 65.7 Å². The van der Waals surface area contributed by atoms with E-state index in [2.05, 4.69) is 15.7 Å². The molecule has 1 aromatic heterocycles. The summed E-state index contributed by atoms with van der Waals surface area (Å²) in [5.74, 6) is -3.02. The first-order valence-corrected chi connectivity index (χ1v) is 10.6. The quantitative estimate of drug-likeness (QED) is 0.502. The molecule has 1 amide bonds. The van der Waals surface area contributed by atoms with Crippen LogP contribution >= 0.6 is 0 Å². The van der Waals surface area contributed by atoms with Crippen LogP contribution in [0.5, 0.6) is 5.75 Å². The van der Waals surface area contributed by atoms with Crippen molar-refractivity contribution in [1.29, 1.82) is 0 Å². The maximum Gasteiger partial charge on any atom is 0.406 e. The van der Waals surface area contributed by atoms with Crippen molar-refractivity contribution >= 4 is 28.5 Å². The fourth-order valence-electron chi connectivity index (χ4n) is 4.43. The predicted octanol–water partition coefficient (Wildman–Crippen LogP) is 3.01. The van der Waals surface area contributed by atoms with Crippen molar-refractivity contribution < 1.29 is 37.0 Å². The summed E-state index contributed by atoms with van der Waals surface area (Å²) in [6.07, 6.45) is -5.62. The Morgan fingerprint density at radius 1 is 1.20 bits per heavy atom. The third-order valence-electron chi connectivity index (χ3n) is 5.91. The molecule has 35 heavy (non-hydrogen) atoms. The second-order valence-electron chi connectivity index (χ2n) is 8.15. The molecule has 0 aliphatic carbocycles. The summed E-state index contributed by atoms with van der Waals surface area (Å²) in [7, 11) is 0. The first-order valence-electron chi connectivity index (χ1n) is 10.6. The molecule has 3 atom stereocenters. The van der Waals surface area contributed by atoms with Crippen LogP contribution < -0.4 is 15.5 Å². The number of carboxylic acids is 1. The summed E-state index contributed by atoms with van der Waals surface area (Å²) in [5.41, 5.74) is 3.41. The van der Waals surface area contributed by atoms with Gasteiger partial charge in [0.25, 0.3) is 5.91 Å². The summed E-state index contributed by atoms with van der Waals surface area (Å²) < 4.78 is 52.8. The highest BCUT2D eigenvalue weighted by Gasteiger charge is 2.58. The van der Waals surface area contributed by atoms with Crippen molar-refractivity contribution in [2.45, 2.75) is 31.2 Å². The zero-order valence-corrected chi connectivity index (χ0v) is 18.2. The lowest BCUT2D eigenvalue weighted by Crippen LogP contribution is -2.54. The number of carbonyl (C=O) groups is 2. The second-order valence-corrected chi connectivity index (χ2v) is 8.15. The number of carboxylic acid groups (broad SMARTS) is 1. The molecule has 3 unspecified atom stereocenters. The number of hydrogen-bond acceptors (Lipinski definition) is 7. The molecule has 2 aromatic carbocycles. The minimum Gasteiger partial charge on any atom is -0.479 e. The number of ether oxygens (including phenoxy) is 1. The highest BCUT2D eigenvalue weighted by Crippen LogP contribution is 2.42. The fourth-order valence-corrected chi connectivity index (χ4v) is 4.43. The van der Waals surface area contributed by atoms with Crippen LogP contribution in [-0.2, 0) is 9.59 Å². The van der Waals surface area contributed by atoms with Crippen LogP contribution in [0.15, 0.2) is 58.6 Å². The topological polar surface area (TPSA) is 117 Å². The highest BCUT2D eigenvalue weighted by molar-refractivity contribution is 6.20. The number of aliphatic carboxylic acids is 1. The molecule has 0 radical (unpaired) electrons. The number of aromatic nitrogens is 1. The van der Waals surface area contributed by atoms with Gasteiger partial charge in [-0.2, -0.15) is 13.2 Å². The van der Waals surface area contributed by atoms with Gasteiger partial charge in [0.2, 0.25) is 5.89 Å². The molecule has 2 aliphatic rings. The van der Waals surface area contributed by atoms with E-state index in [1.165, 1.54) is 6.07 Å². The molecule has 9 nitrogen and oxygen atoms in total. The lowest BCUT2D eigenvalue weighted by molar-refractivity contribution is -0.161. The number of hydrogen-bond donors (Lipinski definition) is 3. The molecule has 5 rings (SSSR count). The number of hydrazine groups is 1. The number of para-hydroxylation sites is 1. The molecular formula is C23H19F3N4O5. The van der Waals surface area contributed by atoms with Crippen LogP contribution in [0.4, 0.5) is 13.2 Å². The maximum absolute atomic E-state index is 14.0. The lowest BCUT2D eigenvalue weighted by Gasteiger charge is -2.34. The molecule has 12 heteroatoms. The molecule has 0 saturated carbocycles. The van der Waals surface area contributed by atoms with E-state index in [1.54, 1.807) is 49.4 Å². The Morgan fingerprint density at radius 2 is 1.94 bits per heavy atom. The number of amides is 1. The average Bonchev–Trinajstić information content (AvgIpc) is 3.40. The second kappa shape index (κ2) is 8.31. The summed E-state index contributed by atoms with van der Waals surface area (Å²) in [6, 6.07) is 10.8. The van der Waals surface area contributed by atoms with Gasteiger partial charge in [-0.1, -0.05) is 36.4 Å². The van der Waals surface area contributed by atoms with Crippen molar-refractivity contribution in [2.75, 3.05) is 6.61 Å². The molecule has 3 heterocycles. The summed E-state index contributed by atoms with van der Waals surface area (Å²) in [5, 5.41) is 12.8. The Bertz CT molecular complexity index is 1340. The normalized spacial score (nSPS) is 22.3. The van der Waals surface area contributed by atoms with Gasteiger partial charge in [-0.3, -0.25) is 4.79 Å². The molecular weight excluding hydrogens is 469 g/mol. The van der Waals surface area contributed by atoms with E-state index in [-0.39, 0.29) is 28.3 Å². The van der Waals surface area contributed by atoms with E-state index >= 15 is 0 Å². The number of allylic oxidation sites excluding steroid dienone is 1. The highest BCUT2D eigenvalue weighted by atomic mass is 19.4. The number of nitrogens with one attached hydrogen (secondary N) is 2. The number of fused-ring (bicyclic) bond motifs is 2. The van der Waals surface area contributed by atoms with Crippen molar-refractivity contribution in [3.8, 4) is 5.75 Å². The Morgan fingerprint density at radius 3 is 2.63 bits per heavy atom.